The van der Waals surface area contributed by atoms with Crippen LogP contribution in [0.3, 0.4) is 0 Å². The van der Waals surface area contributed by atoms with Crippen molar-refractivity contribution in [1.29, 1.82) is 0 Å². The molecule has 0 bridgehead atoms. The largest absolute Gasteiger partial charge is 0.343 e. The second-order valence-corrected chi connectivity index (χ2v) is 4.11. The molecule has 0 atom stereocenters. The molecule has 0 spiro atoms. The van der Waals surface area contributed by atoms with Crippen molar-refractivity contribution in [3.05, 3.63) is 11.8 Å². The maximum Gasteiger partial charge on any atom is 0.305 e. The van der Waals surface area contributed by atoms with Crippen LogP contribution in [0, 0.1) is 6.92 Å². The Hall–Kier alpha value is -1.50. The number of aryl methyl sites for hydroxylation is 1. The number of nitrogens with zero attached hydrogens (tertiary/aromatic N) is 3. The third-order valence-electron chi connectivity index (χ3n) is 1.54. The van der Waals surface area contributed by atoms with Crippen LogP contribution in [0.15, 0.2) is 15.5 Å². The maximum atomic E-state index is 11.2. The van der Waals surface area contributed by atoms with Gasteiger partial charge in [-0.3, -0.25) is 0 Å². The van der Waals surface area contributed by atoms with Gasteiger partial charge in [0, 0.05) is 0 Å². The summed E-state index contributed by atoms with van der Waals surface area (Å²) in [6, 6.07) is 1.60. The van der Waals surface area contributed by atoms with Crippen LogP contribution in [0.5, 0.6) is 0 Å². The van der Waals surface area contributed by atoms with E-state index in [4.69, 9.17) is 0 Å². The highest BCUT2D eigenvalue weighted by molar-refractivity contribution is 7.90. The average Bonchev–Trinajstić information content (AvgIpc) is 2.02. The maximum absolute atomic E-state index is 11.2. The Labute approximate surface area is 74.8 Å². The molecule has 0 saturated carbocycles. The first kappa shape index (κ1) is 8.11. The molecule has 1 aliphatic heterocycles. The zero-order valence-corrected chi connectivity index (χ0v) is 7.54. The third-order valence-corrected chi connectivity index (χ3v) is 2.71. The Balaban J connectivity index is 2.72. The molecule has 6 nitrogen and oxygen atoms in total. The quantitative estimate of drug-likeness (QED) is 0.630. The topological polar surface area (TPSA) is 84.3 Å². The number of nitrogens with one attached hydrogen (secondary N) is 1. The molecule has 1 N–H and O–H groups in total. The van der Waals surface area contributed by atoms with Gasteiger partial charge in [-0.05, 0) is 13.0 Å². The molecule has 0 radical (unpaired) electrons. The molecule has 0 aliphatic carbocycles. The first-order chi connectivity index (χ1) is 6.09. The van der Waals surface area contributed by atoms with Crippen LogP contribution >= 0.6 is 0 Å². The van der Waals surface area contributed by atoms with Crippen molar-refractivity contribution in [1.82, 2.24) is 10.2 Å². The van der Waals surface area contributed by atoms with Gasteiger partial charge in [0.2, 0.25) is 5.03 Å². The minimum atomic E-state index is -3.63. The van der Waals surface area contributed by atoms with Gasteiger partial charge in [0.1, 0.15) is 6.34 Å². The van der Waals surface area contributed by atoms with Crippen LogP contribution in [0.4, 0.5) is 5.69 Å². The number of aromatic nitrogens is 2. The summed E-state index contributed by atoms with van der Waals surface area (Å²) in [4.78, 5) is 0. The zero-order chi connectivity index (χ0) is 9.47. The standard InChI is InChI=1S/C6H6N4O2S/c1-4-2-5-6(10-9-4)13(11,12)8-3-7-5/h2-3H,1H3,(H,7,8). The molecule has 7 heteroatoms. The van der Waals surface area contributed by atoms with E-state index in [9.17, 15) is 8.42 Å². The lowest BCUT2D eigenvalue weighted by atomic mass is 10.4. The molecule has 2 rings (SSSR count). The van der Waals surface area contributed by atoms with Crippen molar-refractivity contribution in [3.63, 3.8) is 0 Å². The summed E-state index contributed by atoms with van der Waals surface area (Å²) in [6.45, 7) is 1.73. The molecule has 0 amide bonds. The van der Waals surface area contributed by atoms with E-state index >= 15 is 0 Å². The molecule has 1 aromatic heterocycles. The van der Waals surface area contributed by atoms with E-state index < -0.39 is 10.0 Å². The monoisotopic (exact) mass is 198 g/mol. The van der Waals surface area contributed by atoms with Crippen LogP contribution in [-0.2, 0) is 10.0 Å². The first-order valence-electron chi connectivity index (χ1n) is 3.49. The summed E-state index contributed by atoms with van der Waals surface area (Å²) in [5, 5.41) is 9.76. The van der Waals surface area contributed by atoms with Crippen LogP contribution in [0.25, 0.3) is 0 Å². The lowest BCUT2D eigenvalue weighted by Gasteiger charge is -2.09. The Morgan fingerprint density at radius 1 is 1.38 bits per heavy atom. The molecule has 0 unspecified atom stereocenters. The summed E-state index contributed by atoms with van der Waals surface area (Å²) in [5.41, 5.74) is 1.07. The molecule has 13 heavy (non-hydrogen) atoms. The Morgan fingerprint density at radius 2 is 2.15 bits per heavy atom. The van der Waals surface area contributed by atoms with Gasteiger partial charge in [-0.2, -0.15) is 13.5 Å². The van der Waals surface area contributed by atoms with Gasteiger partial charge in [-0.15, -0.1) is 9.50 Å². The number of anilines is 1. The van der Waals surface area contributed by atoms with Gasteiger partial charge in [-0.25, -0.2) is 0 Å². The fourth-order valence-electron chi connectivity index (χ4n) is 0.987. The summed E-state index contributed by atoms with van der Waals surface area (Å²) >= 11 is 0. The van der Waals surface area contributed by atoms with Crippen molar-refractivity contribution in [3.8, 4) is 0 Å². The van der Waals surface area contributed by atoms with Crippen LogP contribution < -0.4 is 5.32 Å². The van der Waals surface area contributed by atoms with Crippen LogP contribution in [-0.4, -0.2) is 25.0 Å². The number of rotatable bonds is 0. The lowest BCUT2D eigenvalue weighted by Crippen LogP contribution is -2.14. The average molecular weight is 198 g/mol. The first-order valence-corrected chi connectivity index (χ1v) is 4.93. The second kappa shape index (κ2) is 2.49. The van der Waals surface area contributed by atoms with E-state index in [1.54, 1.807) is 13.0 Å². The van der Waals surface area contributed by atoms with Gasteiger partial charge in [0.05, 0.1) is 11.4 Å². The van der Waals surface area contributed by atoms with E-state index in [1.165, 1.54) is 0 Å². The minimum absolute atomic E-state index is 0.124. The van der Waals surface area contributed by atoms with Gasteiger partial charge < -0.3 is 5.32 Å². The molecular formula is C6H6N4O2S. The SMILES string of the molecule is Cc1cc2c(nn1)S(=O)(=O)N=CN2. The molecule has 1 aliphatic rings. The summed E-state index contributed by atoms with van der Waals surface area (Å²) in [5.74, 6) is 0. The van der Waals surface area contributed by atoms with Crippen molar-refractivity contribution in [2.24, 2.45) is 4.40 Å². The zero-order valence-electron chi connectivity index (χ0n) is 6.72. The van der Waals surface area contributed by atoms with Crippen molar-refractivity contribution < 1.29 is 8.42 Å². The molecule has 1 aromatic rings. The molecule has 0 saturated heterocycles. The van der Waals surface area contributed by atoms with Gasteiger partial charge in [0.15, 0.2) is 0 Å². The summed E-state index contributed by atoms with van der Waals surface area (Å²) in [7, 11) is -3.63. The van der Waals surface area contributed by atoms with Gasteiger partial charge >= 0.3 is 10.0 Å². The Morgan fingerprint density at radius 3 is 2.92 bits per heavy atom. The fourth-order valence-corrected chi connectivity index (χ4v) is 1.82. The number of hydrogen-bond donors (Lipinski definition) is 1. The van der Waals surface area contributed by atoms with Crippen molar-refractivity contribution in [2.75, 3.05) is 5.32 Å². The highest BCUT2D eigenvalue weighted by atomic mass is 32.2. The highest BCUT2D eigenvalue weighted by Crippen LogP contribution is 2.22. The molecule has 68 valence electrons. The smallest absolute Gasteiger partial charge is 0.305 e. The predicted molar refractivity (Wildman–Crippen MR) is 46.1 cm³/mol. The minimum Gasteiger partial charge on any atom is -0.343 e. The number of fused-ring (bicyclic) bond motifs is 1. The van der Waals surface area contributed by atoms with E-state index in [0.717, 1.165) is 6.34 Å². The Bertz CT molecular complexity index is 479. The summed E-state index contributed by atoms with van der Waals surface area (Å²) < 4.78 is 25.8. The van der Waals surface area contributed by atoms with E-state index in [-0.39, 0.29) is 5.03 Å². The van der Waals surface area contributed by atoms with E-state index in [0.29, 0.717) is 11.4 Å². The van der Waals surface area contributed by atoms with Gasteiger partial charge in [-0.1, -0.05) is 0 Å². The van der Waals surface area contributed by atoms with E-state index in [2.05, 4.69) is 19.9 Å². The molecule has 0 aromatic carbocycles. The second-order valence-electron chi connectivity index (χ2n) is 2.56. The number of sulfonamides is 1. The highest BCUT2D eigenvalue weighted by Gasteiger charge is 2.22. The van der Waals surface area contributed by atoms with Gasteiger partial charge in [0.25, 0.3) is 0 Å². The normalized spacial score (nSPS) is 17.6. The predicted octanol–water partition coefficient (Wildman–Crippen LogP) is -0.0725. The van der Waals surface area contributed by atoms with Crippen molar-refractivity contribution in [2.45, 2.75) is 11.9 Å². The third kappa shape index (κ3) is 1.26. The van der Waals surface area contributed by atoms with Crippen LogP contribution in [0.1, 0.15) is 5.69 Å². The number of hydrogen-bond acceptors (Lipinski definition) is 5. The van der Waals surface area contributed by atoms with E-state index in [1.807, 2.05) is 0 Å². The lowest BCUT2D eigenvalue weighted by molar-refractivity contribution is 0.592. The molecule has 0 fully saturated rings. The molecule has 2 heterocycles. The Kier molecular flexibility index (Phi) is 1.56. The summed E-state index contributed by atoms with van der Waals surface area (Å²) in [6.07, 6.45) is 1.12. The van der Waals surface area contributed by atoms with Crippen molar-refractivity contribution >= 4 is 22.0 Å². The fraction of sp³-hybridized carbons (Fsp3) is 0.167. The van der Waals surface area contributed by atoms with Crippen LogP contribution in [0.2, 0.25) is 0 Å². The molecular weight excluding hydrogens is 192 g/mol.